The van der Waals surface area contributed by atoms with Crippen LogP contribution in [0, 0.1) is 0 Å². The Morgan fingerprint density at radius 3 is 2.43 bits per heavy atom. The van der Waals surface area contributed by atoms with E-state index in [1.807, 2.05) is 12.1 Å². The highest BCUT2D eigenvalue weighted by Crippen LogP contribution is 2.20. The molecule has 0 aliphatic heterocycles. The largest absolute Gasteiger partial charge is 0.392 e. The van der Waals surface area contributed by atoms with Crippen LogP contribution in [0.2, 0.25) is 5.02 Å². The number of hydrogen-bond acceptors (Lipinski definition) is 1. The molecule has 0 aromatic heterocycles. The summed E-state index contributed by atoms with van der Waals surface area (Å²) in [6, 6.07) is 7.36. The minimum atomic E-state index is -0.528. The molecule has 0 aliphatic rings. The van der Waals surface area contributed by atoms with Crippen LogP contribution in [0.15, 0.2) is 30.8 Å². The van der Waals surface area contributed by atoms with Gasteiger partial charge in [-0.25, -0.2) is 0 Å². The summed E-state index contributed by atoms with van der Waals surface area (Å²) in [5.74, 6) is 0.229. The summed E-state index contributed by atoms with van der Waals surface area (Å²) in [6.07, 6.45) is -0.0367. The fourth-order valence-corrected chi connectivity index (χ4v) is 1.38. The third kappa shape index (κ3) is 3.33. The first kappa shape index (κ1) is 11.6. The Hall–Kier alpha value is -0.500. The maximum atomic E-state index is 9.33. The molecule has 3 heteroatoms. The van der Waals surface area contributed by atoms with Gasteiger partial charge in [-0.3, -0.25) is 0 Å². The first-order valence-corrected chi connectivity index (χ1v) is 5.22. The third-order valence-electron chi connectivity index (χ3n) is 1.91. The highest BCUT2D eigenvalue weighted by Gasteiger charge is 2.06. The van der Waals surface area contributed by atoms with E-state index in [1.165, 1.54) is 0 Å². The van der Waals surface area contributed by atoms with Crippen LogP contribution in [0.5, 0.6) is 0 Å². The summed E-state index contributed by atoms with van der Waals surface area (Å²) in [5.41, 5.74) is 1.85. The highest BCUT2D eigenvalue weighted by molar-refractivity contribution is 6.30. The lowest BCUT2D eigenvalue weighted by Gasteiger charge is -2.09. The first-order valence-electron chi connectivity index (χ1n) is 4.31. The van der Waals surface area contributed by atoms with E-state index in [9.17, 15) is 5.11 Å². The summed E-state index contributed by atoms with van der Waals surface area (Å²) in [4.78, 5) is 0. The van der Waals surface area contributed by atoms with Crippen molar-refractivity contribution in [3.63, 3.8) is 0 Å². The maximum absolute atomic E-state index is 9.33. The number of benzene rings is 1. The van der Waals surface area contributed by atoms with E-state index in [2.05, 4.69) is 6.58 Å². The Balaban J connectivity index is 2.65. The van der Waals surface area contributed by atoms with Crippen LogP contribution < -0.4 is 0 Å². The summed E-state index contributed by atoms with van der Waals surface area (Å²) in [7, 11) is 0. The standard InChI is InChI=1S/C11H12Cl2O/c1-8(6-11(14)7-12)9-2-4-10(13)5-3-9/h2-5,11,14H,1,6-7H2. The summed E-state index contributed by atoms with van der Waals surface area (Å²) < 4.78 is 0. The number of halogens is 2. The van der Waals surface area contributed by atoms with Crippen molar-refractivity contribution in [1.29, 1.82) is 0 Å². The second kappa shape index (κ2) is 5.40. The van der Waals surface area contributed by atoms with Gasteiger partial charge < -0.3 is 5.11 Å². The van der Waals surface area contributed by atoms with Gasteiger partial charge in [-0.2, -0.15) is 0 Å². The predicted octanol–water partition coefficient (Wildman–Crippen LogP) is 3.34. The number of hydrogen-bond donors (Lipinski definition) is 1. The van der Waals surface area contributed by atoms with E-state index in [4.69, 9.17) is 23.2 Å². The van der Waals surface area contributed by atoms with Crippen molar-refractivity contribution in [1.82, 2.24) is 0 Å². The minimum Gasteiger partial charge on any atom is -0.392 e. The van der Waals surface area contributed by atoms with E-state index >= 15 is 0 Å². The number of aliphatic hydroxyl groups excluding tert-OH is 1. The number of alkyl halides is 1. The van der Waals surface area contributed by atoms with Crippen molar-refractivity contribution in [2.75, 3.05) is 5.88 Å². The molecule has 0 amide bonds. The molecule has 0 radical (unpaired) electrons. The van der Waals surface area contributed by atoms with Gasteiger partial charge in [0, 0.05) is 10.9 Å². The van der Waals surface area contributed by atoms with Gasteiger partial charge >= 0.3 is 0 Å². The minimum absolute atomic E-state index is 0.229. The van der Waals surface area contributed by atoms with Crippen LogP contribution in [0.25, 0.3) is 5.57 Å². The Morgan fingerprint density at radius 1 is 1.36 bits per heavy atom. The van der Waals surface area contributed by atoms with Gasteiger partial charge in [-0.05, 0) is 29.7 Å². The zero-order valence-corrected chi connectivity index (χ0v) is 9.22. The second-order valence-corrected chi connectivity index (χ2v) is 3.87. The Bertz CT molecular complexity index is 306. The maximum Gasteiger partial charge on any atom is 0.0715 e. The van der Waals surface area contributed by atoms with Crippen LogP contribution >= 0.6 is 23.2 Å². The second-order valence-electron chi connectivity index (χ2n) is 3.12. The first-order chi connectivity index (χ1) is 6.63. The molecule has 0 heterocycles. The van der Waals surface area contributed by atoms with Crippen LogP contribution in [-0.4, -0.2) is 17.1 Å². The van der Waals surface area contributed by atoms with Crippen LogP contribution in [-0.2, 0) is 0 Å². The lowest BCUT2D eigenvalue weighted by molar-refractivity contribution is 0.204. The van der Waals surface area contributed by atoms with Gasteiger partial charge in [-0.15, -0.1) is 11.6 Å². The molecule has 1 unspecified atom stereocenters. The van der Waals surface area contributed by atoms with Gasteiger partial charge in [0.2, 0.25) is 0 Å². The molecule has 0 fully saturated rings. The normalized spacial score (nSPS) is 12.5. The van der Waals surface area contributed by atoms with E-state index < -0.39 is 6.10 Å². The lowest BCUT2D eigenvalue weighted by Crippen LogP contribution is -2.08. The van der Waals surface area contributed by atoms with E-state index in [1.54, 1.807) is 12.1 Å². The van der Waals surface area contributed by atoms with Crippen LogP contribution in [0.4, 0.5) is 0 Å². The molecule has 1 nitrogen and oxygen atoms in total. The molecule has 1 N–H and O–H groups in total. The average Bonchev–Trinajstić information content (AvgIpc) is 2.18. The lowest BCUT2D eigenvalue weighted by atomic mass is 10.0. The van der Waals surface area contributed by atoms with Crippen molar-refractivity contribution in [2.24, 2.45) is 0 Å². The summed E-state index contributed by atoms with van der Waals surface area (Å²) >= 11 is 11.2. The van der Waals surface area contributed by atoms with Gasteiger partial charge in [0.25, 0.3) is 0 Å². The molecule has 0 saturated carbocycles. The fourth-order valence-electron chi connectivity index (χ4n) is 1.14. The van der Waals surface area contributed by atoms with E-state index in [0.29, 0.717) is 11.4 Å². The molecular formula is C11H12Cl2O. The smallest absolute Gasteiger partial charge is 0.0715 e. The molecule has 1 rings (SSSR count). The zero-order valence-electron chi connectivity index (χ0n) is 7.71. The summed E-state index contributed by atoms with van der Waals surface area (Å²) in [5, 5.41) is 10.0. The van der Waals surface area contributed by atoms with Crippen molar-refractivity contribution < 1.29 is 5.11 Å². The molecule has 0 aliphatic carbocycles. The SMILES string of the molecule is C=C(CC(O)CCl)c1ccc(Cl)cc1. The van der Waals surface area contributed by atoms with Crippen LogP contribution in [0.1, 0.15) is 12.0 Å². The van der Waals surface area contributed by atoms with Gasteiger partial charge in [-0.1, -0.05) is 30.3 Å². The molecule has 1 aromatic rings. The third-order valence-corrected chi connectivity index (χ3v) is 2.52. The quantitative estimate of drug-likeness (QED) is 0.788. The summed E-state index contributed by atoms with van der Waals surface area (Å²) in [6.45, 7) is 3.88. The Labute approximate surface area is 94.0 Å². The van der Waals surface area contributed by atoms with Crippen LogP contribution in [0.3, 0.4) is 0 Å². The van der Waals surface area contributed by atoms with E-state index in [0.717, 1.165) is 11.1 Å². The molecule has 0 spiro atoms. The fraction of sp³-hybridized carbons (Fsp3) is 0.273. The molecule has 1 atom stereocenters. The van der Waals surface area contributed by atoms with Crippen molar-refractivity contribution in [3.8, 4) is 0 Å². The number of aliphatic hydroxyl groups is 1. The van der Waals surface area contributed by atoms with Gasteiger partial charge in [0.15, 0.2) is 0 Å². The number of rotatable bonds is 4. The van der Waals surface area contributed by atoms with Crippen molar-refractivity contribution >= 4 is 28.8 Å². The average molecular weight is 231 g/mol. The van der Waals surface area contributed by atoms with Gasteiger partial charge in [0.05, 0.1) is 6.10 Å². The van der Waals surface area contributed by atoms with Crippen molar-refractivity contribution in [2.45, 2.75) is 12.5 Å². The topological polar surface area (TPSA) is 20.2 Å². The Morgan fingerprint density at radius 2 is 1.93 bits per heavy atom. The monoisotopic (exact) mass is 230 g/mol. The molecule has 0 saturated heterocycles. The van der Waals surface area contributed by atoms with Crippen molar-refractivity contribution in [3.05, 3.63) is 41.4 Å². The molecule has 0 bridgehead atoms. The predicted molar refractivity (Wildman–Crippen MR) is 61.8 cm³/mol. The van der Waals surface area contributed by atoms with Gasteiger partial charge in [0.1, 0.15) is 0 Å². The molecule has 1 aromatic carbocycles. The highest BCUT2D eigenvalue weighted by atomic mass is 35.5. The van der Waals surface area contributed by atoms with E-state index in [-0.39, 0.29) is 5.88 Å². The molecule has 76 valence electrons. The molecular weight excluding hydrogens is 219 g/mol. The Kier molecular flexibility index (Phi) is 4.46. The zero-order chi connectivity index (χ0) is 10.6. The molecule has 14 heavy (non-hydrogen) atoms.